The van der Waals surface area contributed by atoms with E-state index in [2.05, 4.69) is 6.92 Å². The average Bonchev–Trinajstić information content (AvgIpc) is 2.35. The van der Waals surface area contributed by atoms with E-state index in [1.165, 1.54) is 0 Å². The SMILES string of the molecule is CCCCCOC[C@@H](O)[C@@H](O)[C@H](O)[C@@H](O)C=O. The Bertz CT molecular complexity index is 198. The summed E-state index contributed by atoms with van der Waals surface area (Å²) >= 11 is 0. The second-order valence-electron chi connectivity index (χ2n) is 3.96. The molecule has 0 aromatic carbocycles. The number of carbonyl (C=O) groups is 1. The van der Waals surface area contributed by atoms with Crippen molar-refractivity contribution in [2.45, 2.75) is 50.6 Å². The first-order valence-corrected chi connectivity index (χ1v) is 5.79. The Balaban J connectivity index is 3.80. The Morgan fingerprint density at radius 1 is 1.12 bits per heavy atom. The molecule has 0 saturated heterocycles. The number of aldehydes is 1. The number of aliphatic hydroxyl groups excluding tert-OH is 4. The van der Waals surface area contributed by atoms with E-state index >= 15 is 0 Å². The van der Waals surface area contributed by atoms with E-state index in [9.17, 15) is 20.1 Å². The molecule has 0 heterocycles. The predicted molar refractivity (Wildman–Crippen MR) is 60.4 cm³/mol. The summed E-state index contributed by atoms with van der Waals surface area (Å²) in [7, 11) is 0. The molecule has 0 amide bonds. The molecule has 0 unspecified atom stereocenters. The zero-order chi connectivity index (χ0) is 13.3. The lowest BCUT2D eigenvalue weighted by Crippen LogP contribution is -2.46. The van der Waals surface area contributed by atoms with E-state index in [0.29, 0.717) is 6.61 Å². The molecule has 0 spiro atoms. The van der Waals surface area contributed by atoms with Crippen LogP contribution in [-0.4, -0.2) is 64.3 Å². The molecule has 0 aromatic heterocycles. The molecule has 0 aromatic rings. The number of rotatable bonds is 10. The smallest absolute Gasteiger partial charge is 0.151 e. The summed E-state index contributed by atoms with van der Waals surface area (Å²) in [6.45, 7) is 2.37. The third-order valence-electron chi connectivity index (χ3n) is 2.41. The second kappa shape index (κ2) is 9.49. The maximum Gasteiger partial charge on any atom is 0.151 e. The van der Waals surface area contributed by atoms with Gasteiger partial charge in [-0.1, -0.05) is 19.8 Å². The fourth-order valence-electron chi connectivity index (χ4n) is 1.27. The summed E-state index contributed by atoms with van der Waals surface area (Å²) < 4.78 is 5.09. The maximum atomic E-state index is 10.2. The minimum absolute atomic E-state index is 0.0999. The fraction of sp³-hybridized carbons (Fsp3) is 0.909. The molecule has 17 heavy (non-hydrogen) atoms. The first-order chi connectivity index (χ1) is 8.04. The van der Waals surface area contributed by atoms with Crippen molar-refractivity contribution in [1.82, 2.24) is 0 Å². The lowest BCUT2D eigenvalue weighted by atomic mass is 10.0. The van der Waals surface area contributed by atoms with Crippen molar-refractivity contribution in [3.8, 4) is 0 Å². The molecule has 102 valence electrons. The van der Waals surface area contributed by atoms with E-state index in [1.54, 1.807) is 0 Å². The van der Waals surface area contributed by atoms with Gasteiger partial charge in [0, 0.05) is 6.61 Å². The van der Waals surface area contributed by atoms with Crippen LogP contribution in [0, 0.1) is 0 Å². The molecule has 0 saturated carbocycles. The van der Waals surface area contributed by atoms with Crippen LogP contribution in [0.5, 0.6) is 0 Å². The molecule has 6 nitrogen and oxygen atoms in total. The van der Waals surface area contributed by atoms with Crippen molar-refractivity contribution in [3.05, 3.63) is 0 Å². The molecule has 0 radical (unpaired) electrons. The van der Waals surface area contributed by atoms with Crippen molar-refractivity contribution in [2.75, 3.05) is 13.2 Å². The van der Waals surface area contributed by atoms with Crippen LogP contribution in [0.25, 0.3) is 0 Å². The molecule has 0 aliphatic heterocycles. The molecule has 0 aliphatic carbocycles. The van der Waals surface area contributed by atoms with Gasteiger partial charge in [0.1, 0.15) is 24.4 Å². The Kier molecular flexibility index (Phi) is 9.20. The van der Waals surface area contributed by atoms with Crippen LogP contribution in [-0.2, 0) is 9.53 Å². The summed E-state index contributed by atoms with van der Waals surface area (Å²) in [4.78, 5) is 10.2. The molecule has 0 fully saturated rings. The minimum atomic E-state index is -1.71. The Morgan fingerprint density at radius 3 is 2.29 bits per heavy atom. The van der Waals surface area contributed by atoms with Crippen LogP contribution in [0.15, 0.2) is 0 Å². The Morgan fingerprint density at radius 2 is 1.76 bits per heavy atom. The highest BCUT2D eigenvalue weighted by Gasteiger charge is 2.30. The third-order valence-corrected chi connectivity index (χ3v) is 2.41. The number of carbonyl (C=O) groups excluding carboxylic acids is 1. The summed E-state index contributed by atoms with van der Waals surface area (Å²) in [5, 5.41) is 37.0. The van der Waals surface area contributed by atoms with Gasteiger partial charge in [-0.05, 0) is 6.42 Å². The summed E-state index contributed by atoms with van der Waals surface area (Å²) in [6.07, 6.45) is -3.32. The number of unbranched alkanes of at least 4 members (excludes halogenated alkanes) is 2. The van der Waals surface area contributed by atoms with Gasteiger partial charge in [0.2, 0.25) is 0 Å². The van der Waals surface area contributed by atoms with Crippen LogP contribution in [0.2, 0.25) is 0 Å². The quantitative estimate of drug-likeness (QED) is 0.288. The van der Waals surface area contributed by atoms with Crippen LogP contribution in [0.1, 0.15) is 26.2 Å². The highest BCUT2D eigenvalue weighted by atomic mass is 16.5. The van der Waals surface area contributed by atoms with Crippen LogP contribution >= 0.6 is 0 Å². The van der Waals surface area contributed by atoms with Crippen molar-refractivity contribution in [2.24, 2.45) is 0 Å². The number of aliphatic hydroxyl groups is 4. The lowest BCUT2D eigenvalue weighted by Gasteiger charge is -2.23. The fourth-order valence-corrected chi connectivity index (χ4v) is 1.27. The molecule has 0 rings (SSSR count). The zero-order valence-corrected chi connectivity index (χ0v) is 10.0. The molecular weight excluding hydrogens is 228 g/mol. The topological polar surface area (TPSA) is 107 Å². The van der Waals surface area contributed by atoms with Crippen molar-refractivity contribution < 1.29 is 30.0 Å². The van der Waals surface area contributed by atoms with Crippen molar-refractivity contribution >= 4 is 6.29 Å². The number of hydrogen-bond donors (Lipinski definition) is 4. The van der Waals surface area contributed by atoms with E-state index < -0.39 is 24.4 Å². The van der Waals surface area contributed by atoms with Gasteiger partial charge in [0.15, 0.2) is 6.29 Å². The summed E-state index contributed by atoms with van der Waals surface area (Å²) in [5.74, 6) is 0. The second-order valence-corrected chi connectivity index (χ2v) is 3.96. The van der Waals surface area contributed by atoms with Gasteiger partial charge in [-0.25, -0.2) is 0 Å². The van der Waals surface area contributed by atoms with Crippen molar-refractivity contribution in [1.29, 1.82) is 0 Å². The molecule has 0 bridgehead atoms. The molecule has 4 N–H and O–H groups in total. The van der Waals surface area contributed by atoms with Gasteiger partial charge in [0.25, 0.3) is 0 Å². The van der Waals surface area contributed by atoms with E-state index in [-0.39, 0.29) is 12.9 Å². The predicted octanol–water partition coefficient (Wildman–Crippen LogP) is -1.16. The standard InChI is InChI=1S/C11H22O6/c1-2-3-4-5-17-7-9(14)11(16)10(15)8(13)6-12/h6,8-11,13-16H,2-5,7H2,1H3/t8-,9+,10+,11+/m0/s1. The molecular formula is C11H22O6. The van der Waals surface area contributed by atoms with Gasteiger partial charge < -0.3 is 30.0 Å². The Hall–Kier alpha value is -0.530. The van der Waals surface area contributed by atoms with Crippen molar-refractivity contribution in [3.63, 3.8) is 0 Å². The Labute approximate surface area is 101 Å². The molecule has 4 atom stereocenters. The highest BCUT2D eigenvalue weighted by Crippen LogP contribution is 2.05. The summed E-state index contributed by atoms with van der Waals surface area (Å²) in [6, 6.07) is 0. The van der Waals surface area contributed by atoms with Gasteiger partial charge in [0.05, 0.1) is 6.61 Å². The number of ether oxygens (including phenoxy) is 1. The van der Waals surface area contributed by atoms with Gasteiger partial charge in [-0.3, -0.25) is 0 Å². The monoisotopic (exact) mass is 250 g/mol. The van der Waals surface area contributed by atoms with Crippen LogP contribution < -0.4 is 0 Å². The minimum Gasteiger partial charge on any atom is -0.388 e. The first-order valence-electron chi connectivity index (χ1n) is 5.79. The zero-order valence-electron chi connectivity index (χ0n) is 10.0. The third kappa shape index (κ3) is 6.70. The van der Waals surface area contributed by atoms with E-state index in [4.69, 9.17) is 9.84 Å². The lowest BCUT2D eigenvalue weighted by molar-refractivity contribution is -0.138. The highest BCUT2D eigenvalue weighted by molar-refractivity contribution is 5.56. The van der Waals surface area contributed by atoms with E-state index in [1.807, 2.05) is 0 Å². The number of hydrogen-bond acceptors (Lipinski definition) is 6. The van der Waals surface area contributed by atoms with Gasteiger partial charge in [-0.15, -0.1) is 0 Å². The molecule has 0 aliphatic rings. The average molecular weight is 250 g/mol. The van der Waals surface area contributed by atoms with Crippen LogP contribution in [0.3, 0.4) is 0 Å². The largest absolute Gasteiger partial charge is 0.388 e. The van der Waals surface area contributed by atoms with Gasteiger partial charge >= 0.3 is 0 Å². The summed E-state index contributed by atoms with van der Waals surface area (Å²) in [5.41, 5.74) is 0. The van der Waals surface area contributed by atoms with Crippen LogP contribution in [0.4, 0.5) is 0 Å². The maximum absolute atomic E-state index is 10.2. The molecule has 6 heteroatoms. The first kappa shape index (κ1) is 16.5. The normalized spacial score (nSPS) is 18.4. The van der Waals surface area contributed by atoms with E-state index in [0.717, 1.165) is 19.3 Å². The van der Waals surface area contributed by atoms with Gasteiger partial charge in [-0.2, -0.15) is 0 Å².